The molecule has 0 fully saturated rings. The fourth-order valence-corrected chi connectivity index (χ4v) is 3.27. The Morgan fingerprint density at radius 1 is 1.19 bits per heavy atom. The van der Waals surface area contributed by atoms with E-state index in [2.05, 4.69) is 4.98 Å². The summed E-state index contributed by atoms with van der Waals surface area (Å²) in [5.74, 6) is 1.14. The molecule has 0 aliphatic rings. The minimum atomic E-state index is -0.265. The van der Waals surface area contributed by atoms with Gasteiger partial charge in [-0.05, 0) is 41.2 Å². The van der Waals surface area contributed by atoms with Gasteiger partial charge in [0.2, 0.25) is 5.88 Å². The SMILES string of the molecule is [B]C(COc1ccc(Cc2sc(=O)[nH]c2O)cc1)c1cccc(OC)c1. The van der Waals surface area contributed by atoms with Crippen molar-refractivity contribution in [3.8, 4) is 17.4 Å². The van der Waals surface area contributed by atoms with E-state index in [-0.39, 0.29) is 16.6 Å². The van der Waals surface area contributed by atoms with Crippen LogP contribution in [0.3, 0.4) is 0 Å². The summed E-state index contributed by atoms with van der Waals surface area (Å²) < 4.78 is 11.0. The fourth-order valence-electron chi connectivity index (χ4n) is 2.52. The average Bonchev–Trinajstić information content (AvgIpc) is 2.97. The largest absolute Gasteiger partial charge is 0.497 e. The summed E-state index contributed by atoms with van der Waals surface area (Å²) in [6.07, 6.45) is 0.485. The highest BCUT2D eigenvalue weighted by Crippen LogP contribution is 2.23. The highest BCUT2D eigenvalue weighted by atomic mass is 32.1. The molecule has 1 aromatic heterocycles. The second-order valence-corrected chi connectivity index (χ2v) is 6.87. The predicted octanol–water partition coefficient (Wildman–Crippen LogP) is 3.03. The van der Waals surface area contributed by atoms with Crippen molar-refractivity contribution in [3.05, 3.63) is 74.2 Å². The molecule has 1 heterocycles. The van der Waals surface area contributed by atoms with Crippen LogP contribution in [-0.4, -0.2) is 31.7 Å². The summed E-state index contributed by atoms with van der Waals surface area (Å²) in [4.78, 5) is 13.9. The quantitative estimate of drug-likeness (QED) is 0.630. The van der Waals surface area contributed by atoms with Crippen LogP contribution >= 0.6 is 11.3 Å². The fraction of sp³-hybridized carbons (Fsp3) is 0.211. The van der Waals surface area contributed by atoms with Crippen LogP contribution < -0.4 is 14.3 Å². The van der Waals surface area contributed by atoms with Crippen molar-refractivity contribution in [1.29, 1.82) is 0 Å². The molecule has 5 nitrogen and oxygen atoms in total. The Hall–Kier alpha value is -2.67. The van der Waals surface area contributed by atoms with Gasteiger partial charge in [-0.1, -0.05) is 35.6 Å². The van der Waals surface area contributed by atoms with E-state index in [1.54, 1.807) is 7.11 Å². The number of rotatable bonds is 7. The molecule has 0 saturated heterocycles. The van der Waals surface area contributed by atoms with Crippen molar-refractivity contribution in [2.24, 2.45) is 0 Å². The number of benzene rings is 2. The van der Waals surface area contributed by atoms with E-state index in [1.165, 1.54) is 0 Å². The van der Waals surface area contributed by atoms with Gasteiger partial charge in [0.05, 0.1) is 26.4 Å². The molecule has 2 aromatic carbocycles. The topological polar surface area (TPSA) is 71.6 Å². The van der Waals surface area contributed by atoms with E-state index in [0.29, 0.717) is 23.7 Å². The summed E-state index contributed by atoms with van der Waals surface area (Å²) in [7, 11) is 7.80. The van der Waals surface area contributed by atoms with Crippen LogP contribution in [0.2, 0.25) is 0 Å². The van der Waals surface area contributed by atoms with Gasteiger partial charge in [0.15, 0.2) is 0 Å². The third-order valence-corrected chi connectivity index (χ3v) is 4.81. The highest BCUT2D eigenvalue weighted by Gasteiger charge is 2.09. The van der Waals surface area contributed by atoms with Crippen molar-refractivity contribution >= 4 is 19.2 Å². The van der Waals surface area contributed by atoms with Gasteiger partial charge in [-0.3, -0.25) is 9.78 Å². The van der Waals surface area contributed by atoms with Gasteiger partial charge >= 0.3 is 4.87 Å². The van der Waals surface area contributed by atoms with Crippen LogP contribution in [0.15, 0.2) is 53.3 Å². The molecule has 132 valence electrons. The third kappa shape index (κ3) is 4.49. The minimum Gasteiger partial charge on any atom is -0.497 e. The molecule has 7 heteroatoms. The minimum absolute atomic E-state index is 0.0652. The summed E-state index contributed by atoms with van der Waals surface area (Å²) in [6, 6.07) is 15.1. The van der Waals surface area contributed by atoms with E-state index in [4.69, 9.17) is 17.3 Å². The van der Waals surface area contributed by atoms with E-state index in [0.717, 1.165) is 28.2 Å². The van der Waals surface area contributed by atoms with Crippen LogP contribution in [-0.2, 0) is 6.42 Å². The van der Waals surface area contributed by atoms with Gasteiger partial charge in [0.1, 0.15) is 11.5 Å². The molecule has 0 saturated carbocycles. The van der Waals surface area contributed by atoms with Gasteiger partial charge < -0.3 is 14.6 Å². The molecule has 3 aromatic rings. The predicted molar refractivity (Wildman–Crippen MR) is 103 cm³/mol. The van der Waals surface area contributed by atoms with E-state index in [1.807, 2.05) is 48.5 Å². The zero-order valence-electron chi connectivity index (χ0n) is 14.3. The maximum Gasteiger partial charge on any atom is 0.307 e. The first-order valence-electron chi connectivity index (χ1n) is 8.07. The number of H-pyrrole nitrogens is 1. The van der Waals surface area contributed by atoms with Crippen LogP contribution in [0.1, 0.15) is 21.8 Å². The van der Waals surface area contributed by atoms with Crippen molar-refractivity contribution in [2.75, 3.05) is 13.7 Å². The molecule has 0 aliphatic heterocycles. The number of methoxy groups -OCH3 is 1. The first-order chi connectivity index (χ1) is 12.5. The lowest BCUT2D eigenvalue weighted by Gasteiger charge is -2.15. The first kappa shape index (κ1) is 18.1. The molecule has 1 atom stereocenters. The number of aromatic amines is 1. The van der Waals surface area contributed by atoms with Crippen LogP contribution in [0, 0.1) is 0 Å². The molecular weight excluding hydrogens is 349 g/mol. The smallest absolute Gasteiger partial charge is 0.307 e. The Labute approximate surface area is 156 Å². The standard InChI is InChI=1S/C19H18BNO4S/c1-24-15-4-2-3-13(10-15)16(20)11-25-14-7-5-12(6-8-14)9-17-18(22)21-19(23)26-17/h2-8,10,16,22H,9,11H2,1H3,(H,21,23). The molecule has 26 heavy (non-hydrogen) atoms. The van der Waals surface area contributed by atoms with Crippen LogP contribution in [0.5, 0.6) is 17.4 Å². The zero-order valence-corrected chi connectivity index (χ0v) is 15.1. The average molecular weight is 367 g/mol. The summed E-state index contributed by atoms with van der Waals surface area (Å²) in [5.41, 5.74) is 1.92. The van der Waals surface area contributed by atoms with Crippen molar-refractivity contribution < 1.29 is 14.6 Å². The number of hydrogen-bond acceptors (Lipinski definition) is 5. The Bertz CT molecular complexity index is 920. The third-order valence-electron chi connectivity index (χ3n) is 3.94. The van der Waals surface area contributed by atoms with Crippen molar-refractivity contribution in [1.82, 2.24) is 4.98 Å². The molecule has 0 spiro atoms. The molecule has 3 rings (SSSR count). The van der Waals surface area contributed by atoms with Crippen molar-refractivity contribution in [2.45, 2.75) is 12.2 Å². The second-order valence-electron chi connectivity index (χ2n) is 5.80. The summed E-state index contributed by atoms with van der Waals surface area (Å²) in [6.45, 7) is 0.340. The Morgan fingerprint density at radius 3 is 2.62 bits per heavy atom. The molecule has 0 aliphatic carbocycles. The maximum atomic E-state index is 11.2. The maximum absolute atomic E-state index is 11.2. The summed E-state index contributed by atoms with van der Waals surface area (Å²) in [5, 5.41) is 9.65. The number of thiazole rings is 1. The summed E-state index contributed by atoms with van der Waals surface area (Å²) >= 11 is 1.01. The normalized spacial score (nSPS) is 11.9. The van der Waals surface area contributed by atoms with E-state index >= 15 is 0 Å². The molecule has 2 radical (unpaired) electrons. The first-order valence-corrected chi connectivity index (χ1v) is 8.89. The van der Waals surface area contributed by atoms with E-state index in [9.17, 15) is 9.90 Å². The van der Waals surface area contributed by atoms with Crippen molar-refractivity contribution in [3.63, 3.8) is 0 Å². The zero-order chi connectivity index (χ0) is 18.5. The molecule has 1 unspecified atom stereocenters. The molecular formula is C19H18BNO4S. The Morgan fingerprint density at radius 2 is 1.96 bits per heavy atom. The van der Waals surface area contributed by atoms with Gasteiger partial charge in [0, 0.05) is 6.42 Å². The molecule has 0 amide bonds. The Balaban J connectivity index is 1.58. The second kappa shape index (κ2) is 8.14. The number of ether oxygens (including phenoxy) is 2. The van der Waals surface area contributed by atoms with E-state index < -0.39 is 0 Å². The number of nitrogens with one attached hydrogen (secondary N) is 1. The number of hydrogen-bond donors (Lipinski definition) is 2. The van der Waals surface area contributed by atoms with Gasteiger partial charge in [0.25, 0.3) is 0 Å². The van der Waals surface area contributed by atoms with Crippen LogP contribution in [0.25, 0.3) is 0 Å². The highest BCUT2D eigenvalue weighted by molar-refractivity contribution is 7.09. The van der Waals surface area contributed by atoms with Gasteiger partial charge in [-0.2, -0.15) is 0 Å². The number of aromatic hydroxyl groups is 1. The Kier molecular flexibility index (Phi) is 5.68. The van der Waals surface area contributed by atoms with Crippen LogP contribution in [0.4, 0.5) is 0 Å². The monoisotopic (exact) mass is 367 g/mol. The molecule has 2 N–H and O–H groups in total. The lowest BCUT2D eigenvalue weighted by Crippen LogP contribution is -2.10. The lowest BCUT2D eigenvalue weighted by molar-refractivity contribution is 0.316. The number of aromatic nitrogens is 1. The molecule has 0 bridgehead atoms. The van der Waals surface area contributed by atoms with Gasteiger partial charge in [-0.25, -0.2) is 0 Å². The lowest BCUT2D eigenvalue weighted by atomic mass is 9.82. The van der Waals surface area contributed by atoms with Gasteiger partial charge in [-0.15, -0.1) is 0 Å².